The van der Waals surface area contributed by atoms with E-state index in [1.165, 1.54) is 0 Å². The summed E-state index contributed by atoms with van der Waals surface area (Å²) in [5.74, 6) is 0.326. The van der Waals surface area contributed by atoms with Crippen molar-refractivity contribution in [1.29, 1.82) is 0 Å². The third-order valence-electron chi connectivity index (χ3n) is 3.55. The molecule has 1 aromatic heterocycles. The Balaban J connectivity index is 1.86. The molecule has 0 saturated carbocycles. The van der Waals surface area contributed by atoms with Crippen LogP contribution in [0.15, 0.2) is 24.5 Å². The largest absolute Gasteiger partial charge is 0.342 e. The Kier molecular flexibility index (Phi) is 4.49. The minimum absolute atomic E-state index is 0.155. The maximum atomic E-state index is 12.2. The lowest BCUT2D eigenvalue weighted by atomic mass is 9.99. The van der Waals surface area contributed by atoms with Crippen LogP contribution >= 0.6 is 0 Å². The van der Waals surface area contributed by atoms with Crippen molar-refractivity contribution in [2.24, 2.45) is 0 Å². The predicted octanol–water partition coefficient (Wildman–Crippen LogP) is 0.876. The molecule has 1 aromatic rings. The SMILES string of the molecule is CC(CC(=O)N1CCN(C=O)CC1)c1cccnc1. The Morgan fingerprint density at radius 2 is 2.16 bits per heavy atom. The van der Waals surface area contributed by atoms with Crippen LogP contribution in [0.4, 0.5) is 0 Å². The second kappa shape index (κ2) is 6.31. The molecule has 0 N–H and O–H groups in total. The first kappa shape index (κ1) is 13.5. The summed E-state index contributed by atoms with van der Waals surface area (Å²) in [4.78, 5) is 30.4. The van der Waals surface area contributed by atoms with E-state index in [9.17, 15) is 9.59 Å². The molecule has 2 amide bonds. The summed E-state index contributed by atoms with van der Waals surface area (Å²) in [6, 6.07) is 3.88. The first-order valence-electron chi connectivity index (χ1n) is 6.57. The number of piperazine rings is 1. The Morgan fingerprint density at radius 1 is 1.42 bits per heavy atom. The van der Waals surface area contributed by atoms with Crippen LogP contribution in [-0.4, -0.2) is 53.3 Å². The van der Waals surface area contributed by atoms with Gasteiger partial charge in [0, 0.05) is 45.0 Å². The normalized spacial score (nSPS) is 17.1. The molecule has 1 saturated heterocycles. The van der Waals surface area contributed by atoms with E-state index in [0.717, 1.165) is 12.0 Å². The summed E-state index contributed by atoms with van der Waals surface area (Å²) in [5, 5.41) is 0. The van der Waals surface area contributed by atoms with Gasteiger partial charge >= 0.3 is 0 Å². The van der Waals surface area contributed by atoms with Gasteiger partial charge in [-0.15, -0.1) is 0 Å². The summed E-state index contributed by atoms with van der Waals surface area (Å²) >= 11 is 0. The smallest absolute Gasteiger partial charge is 0.223 e. The number of nitrogens with zero attached hydrogens (tertiary/aromatic N) is 3. The number of hydrogen-bond donors (Lipinski definition) is 0. The summed E-state index contributed by atoms with van der Waals surface area (Å²) in [6.07, 6.45) is 4.88. The van der Waals surface area contributed by atoms with E-state index in [2.05, 4.69) is 4.98 Å². The van der Waals surface area contributed by atoms with Crippen LogP contribution in [0.25, 0.3) is 0 Å². The van der Waals surface area contributed by atoms with Gasteiger partial charge in [0.05, 0.1) is 0 Å². The van der Waals surface area contributed by atoms with Crippen molar-refractivity contribution in [1.82, 2.24) is 14.8 Å². The van der Waals surface area contributed by atoms with Crippen LogP contribution < -0.4 is 0 Å². The highest BCUT2D eigenvalue weighted by atomic mass is 16.2. The van der Waals surface area contributed by atoms with E-state index in [0.29, 0.717) is 32.6 Å². The molecule has 102 valence electrons. The molecule has 0 spiro atoms. The highest BCUT2D eigenvalue weighted by molar-refractivity contribution is 5.77. The summed E-state index contributed by atoms with van der Waals surface area (Å²) in [5.41, 5.74) is 1.09. The van der Waals surface area contributed by atoms with Gasteiger partial charge in [0.25, 0.3) is 0 Å². The third kappa shape index (κ3) is 3.53. The molecule has 1 fully saturated rings. The molecule has 2 rings (SSSR count). The predicted molar refractivity (Wildman–Crippen MR) is 71.5 cm³/mol. The molecule has 19 heavy (non-hydrogen) atoms. The summed E-state index contributed by atoms with van der Waals surface area (Å²) in [7, 11) is 0. The maximum Gasteiger partial charge on any atom is 0.223 e. The lowest BCUT2D eigenvalue weighted by Gasteiger charge is -2.33. The van der Waals surface area contributed by atoms with Crippen molar-refractivity contribution < 1.29 is 9.59 Å². The third-order valence-corrected chi connectivity index (χ3v) is 3.55. The molecule has 1 aliphatic heterocycles. The zero-order valence-corrected chi connectivity index (χ0v) is 11.2. The van der Waals surface area contributed by atoms with Crippen LogP contribution in [-0.2, 0) is 9.59 Å². The van der Waals surface area contributed by atoms with Crippen molar-refractivity contribution in [3.63, 3.8) is 0 Å². The van der Waals surface area contributed by atoms with Gasteiger partial charge < -0.3 is 9.80 Å². The molecule has 0 bridgehead atoms. The zero-order chi connectivity index (χ0) is 13.7. The molecule has 0 aromatic carbocycles. The minimum Gasteiger partial charge on any atom is -0.342 e. The van der Waals surface area contributed by atoms with Crippen LogP contribution in [0.5, 0.6) is 0 Å². The number of hydrogen-bond acceptors (Lipinski definition) is 3. The minimum atomic E-state index is 0.155. The van der Waals surface area contributed by atoms with Crippen LogP contribution in [0.2, 0.25) is 0 Å². The Labute approximate surface area is 113 Å². The van der Waals surface area contributed by atoms with Gasteiger partial charge in [-0.2, -0.15) is 0 Å². The number of rotatable bonds is 4. The fraction of sp³-hybridized carbons (Fsp3) is 0.500. The van der Waals surface area contributed by atoms with Crippen molar-refractivity contribution in [3.8, 4) is 0 Å². The Bertz CT molecular complexity index is 428. The molecule has 5 heteroatoms. The van der Waals surface area contributed by atoms with Crippen molar-refractivity contribution >= 4 is 12.3 Å². The second-order valence-corrected chi connectivity index (χ2v) is 4.91. The average molecular weight is 261 g/mol. The standard InChI is InChI=1S/C14H19N3O2/c1-12(13-3-2-4-15-10-13)9-14(19)17-7-5-16(11-18)6-8-17/h2-4,10-12H,5-9H2,1H3. The van der Waals surface area contributed by atoms with Crippen molar-refractivity contribution in [2.45, 2.75) is 19.3 Å². The first-order valence-corrected chi connectivity index (χ1v) is 6.57. The maximum absolute atomic E-state index is 12.2. The van der Waals surface area contributed by atoms with E-state index in [1.54, 1.807) is 11.1 Å². The van der Waals surface area contributed by atoms with Crippen LogP contribution in [0, 0.1) is 0 Å². The van der Waals surface area contributed by atoms with E-state index in [-0.39, 0.29) is 11.8 Å². The van der Waals surface area contributed by atoms with E-state index in [4.69, 9.17) is 0 Å². The summed E-state index contributed by atoms with van der Waals surface area (Å²) in [6.45, 7) is 4.58. The molecular formula is C14H19N3O2. The van der Waals surface area contributed by atoms with Crippen LogP contribution in [0.3, 0.4) is 0 Å². The van der Waals surface area contributed by atoms with Gasteiger partial charge in [0.2, 0.25) is 12.3 Å². The summed E-state index contributed by atoms with van der Waals surface area (Å²) < 4.78 is 0. The molecule has 1 atom stereocenters. The number of aromatic nitrogens is 1. The second-order valence-electron chi connectivity index (χ2n) is 4.91. The Morgan fingerprint density at radius 3 is 2.74 bits per heavy atom. The fourth-order valence-corrected chi connectivity index (χ4v) is 2.25. The van der Waals surface area contributed by atoms with E-state index < -0.39 is 0 Å². The van der Waals surface area contributed by atoms with E-state index >= 15 is 0 Å². The van der Waals surface area contributed by atoms with Gasteiger partial charge in [-0.05, 0) is 17.5 Å². The number of amides is 2. The zero-order valence-electron chi connectivity index (χ0n) is 11.2. The van der Waals surface area contributed by atoms with Gasteiger partial charge in [-0.3, -0.25) is 14.6 Å². The lowest BCUT2D eigenvalue weighted by Crippen LogP contribution is -2.48. The number of carbonyl (C=O) groups is 2. The average Bonchev–Trinajstić information content (AvgIpc) is 2.48. The highest BCUT2D eigenvalue weighted by Crippen LogP contribution is 2.19. The molecule has 5 nitrogen and oxygen atoms in total. The van der Waals surface area contributed by atoms with Gasteiger partial charge in [-0.1, -0.05) is 13.0 Å². The van der Waals surface area contributed by atoms with Crippen molar-refractivity contribution in [2.75, 3.05) is 26.2 Å². The van der Waals surface area contributed by atoms with Crippen LogP contribution in [0.1, 0.15) is 24.8 Å². The van der Waals surface area contributed by atoms with Gasteiger partial charge in [-0.25, -0.2) is 0 Å². The lowest BCUT2D eigenvalue weighted by molar-refractivity contribution is -0.135. The topological polar surface area (TPSA) is 53.5 Å². The number of pyridine rings is 1. The first-order chi connectivity index (χ1) is 9.20. The van der Waals surface area contributed by atoms with Crippen molar-refractivity contribution in [3.05, 3.63) is 30.1 Å². The quantitative estimate of drug-likeness (QED) is 0.756. The highest BCUT2D eigenvalue weighted by Gasteiger charge is 2.21. The molecule has 2 heterocycles. The monoisotopic (exact) mass is 261 g/mol. The Hall–Kier alpha value is -1.91. The van der Waals surface area contributed by atoms with E-state index in [1.807, 2.05) is 30.2 Å². The molecule has 0 radical (unpaired) electrons. The molecule has 1 unspecified atom stereocenters. The fourth-order valence-electron chi connectivity index (χ4n) is 2.25. The van der Waals surface area contributed by atoms with Gasteiger partial charge in [0.1, 0.15) is 0 Å². The molecule has 0 aliphatic carbocycles. The number of carbonyl (C=O) groups excluding carboxylic acids is 2. The molecular weight excluding hydrogens is 242 g/mol. The molecule has 1 aliphatic rings. The van der Waals surface area contributed by atoms with Gasteiger partial charge in [0.15, 0.2) is 0 Å².